The van der Waals surface area contributed by atoms with Crippen molar-refractivity contribution in [2.45, 2.75) is 19.9 Å². The number of benzene rings is 3. The van der Waals surface area contributed by atoms with Crippen LogP contribution in [0.4, 0.5) is 0 Å². The summed E-state index contributed by atoms with van der Waals surface area (Å²) in [6, 6.07) is 21.2. The van der Waals surface area contributed by atoms with Gasteiger partial charge in [0.05, 0.1) is 19.3 Å². The lowest BCUT2D eigenvalue weighted by molar-refractivity contribution is 0.0509. The standard InChI is InChI=1S/C26H23BrClNO3/c1-17-23(13-14-32-26(30)19-5-9-21(28)10-6-19)24-15-22(31-2)11-12-25(24)29(17)16-18-3-7-20(27)8-4-18/h3-12,15H,13-14,16H2,1-2H3. The highest BCUT2D eigenvalue weighted by atomic mass is 79.9. The van der Waals surface area contributed by atoms with Crippen molar-refractivity contribution in [3.05, 3.63) is 98.6 Å². The Hall–Kier alpha value is -2.76. The number of hydrogen-bond acceptors (Lipinski definition) is 3. The molecule has 0 amide bonds. The van der Waals surface area contributed by atoms with Crippen molar-refractivity contribution in [2.24, 2.45) is 0 Å². The number of aromatic nitrogens is 1. The van der Waals surface area contributed by atoms with Crippen LogP contribution in [0.2, 0.25) is 5.02 Å². The molecule has 0 aliphatic heterocycles. The minimum absolute atomic E-state index is 0.289. The number of hydrogen-bond donors (Lipinski definition) is 0. The molecule has 0 aliphatic rings. The highest BCUT2D eigenvalue weighted by Gasteiger charge is 2.16. The zero-order valence-corrected chi connectivity index (χ0v) is 20.2. The van der Waals surface area contributed by atoms with Gasteiger partial charge in [-0.25, -0.2) is 4.79 Å². The Morgan fingerprint density at radius 1 is 1.03 bits per heavy atom. The van der Waals surface area contributed by atoms with E-state index in [9.17, 15) is 4.79 Å². The molecule has 1 heterocycles. The Kier molecular flexibility index (Phi) is 6.87. The third-order valence-electron chi connectivity index (χ3n) is 5.58. The molecule has 0 aliphatic carbocycles. The zero-order valence-electron chi connectivity index (χ0n) is 17.9. The number of nitrogens with zero attached hydrogens (tertiary/aromatic N) is 1. The van der Waals surface area contributed by atoms with E-state index in [4.69, 9.17) is 21.1 Å². The van der Waals surface area contributed by atoms with Gasteiger partial charge in [-0.3, -0.25) is 0 Å². The summed E-state index contributed by atoms with van der Waals surface area (Å²) in [7, 11) is 1.67. The van der Waals surface area contributed by atoms with E-state index in [0.717, 1.165) is 38.9 Å². The van der Waals surface area contributed by atoms with Crippen LogP contribution in [-0.2, 0) is 17.7 Å². The van der Waals surface area contributed by atoms with Crippen LogP contribution in [0.1, 0.15) is 27.2 Å². The van der Waals surface area contributed by atoms with E-state index in [1.165, 1.54) is 5.56 Å². The SMILES string of the molecule is COc1ccc2c(c1)c(CCOC(=O)c1ccc(Cl)cc1)c(C)n2Cc1ccc(Br)cc1. The lowest BCUT2D eigenvalue weighted by atomic mass is 10.1. The van der Waals surface area contributed by atoms with Crippen LogP contribution in [0, 0.1) is 6.92 Å². The Morgan fingerprint density at radius 3 is 2.44 bits per heavy atom. The van der Waals surface area contributed by atoms with Gasteiger partial charge >= 0.3 is 5.97 Å². The quantitative estimate of drug-likeness (QED) is 0.255. The maximum atomic E-state index is 12.4. The van der Waals surface area contributed by atoms with E-state index in [0.29, 0.717) is 17.0 Å². The van der Waals surface area contributed by atoms with Crippen LogP contribution < -0.4 is 4.74 Å². The maximum absolute atomic E-state index is 12.4. The smallest absolute Gasteiger partial charge is 0.338 e. The van der Waals surface area contributed by atoms with Crippen LogP contribution in [0.15, 0.2) is 71.2 Å². The van der Waals surface area contributed by atoms with Gasteiger partial charge in [0, 0.05) is 39.1 Å². The molecule has 4 rings (SSSR count). The van der Waals surface area contributed by atoms with Crippen molar-refractivity contribution in [1.82, 2.24) is 4.57 Å². The highest BCUT2D eigenvalue weighted by Crippen LogP contribution is 2.31. The minimum atomic E-state index is -0.351. The third kappa shape index (κ3) is 4.84. The Morgan fingerprint density at radius 2 is 1.75 bits per heavy atom. The average Bonchev–Trinajstić information content (AvgIpc) is 3.06. The summed E-state index contributed by atoms with van der Waals surface area (Å²) in [5.74, 6) is 0.452. The lowest BCUT2D eigenvalue weighted by Gasteiger charge is -2.10. The summed E-state index contributed by atoms with van der Waals surface area (Å²) < 4.78 is 14.4. The predicted octanol–water partition coefficient (Wildman–Crippen LogP) is 6.82. The summed E-state index contributed by atoms with van der Waals surface area (Å²) in [5.41, 5.74) is 5.14. The van der Waals surface area contributed by atoms with Gasteiger partial charge < -0.3 is 14.0 Å². The predicted molar refractivity (Wildman–Crippen MR) is 132 cm³/mol. The van der Waals surface area contributed by atoms with E-state index in [1.807, 2.05) is 6.07 Å². The summed E-state index contributed by atoms with van der Waals surface area (Å²) in [5, 5.41) is 1.70. The average molecular weight is 513 g/mol. The molecule has 0 bridgehead atoms. The van der Waals surface area contributed by atoms with Gasteiger partial charge in [-0.1, -0.05) is 39.7 Å². The van der Waals surface area contributed by atoms with Crippen molar-refractivity contribution in [1.29, 1.82) is 0 Å². The zero-order chi connectivity index (χ0) is 22.7. The second-order valence-corrected chi connectivity index (χ2v) is 8.90. The second kappa shape index (κ2) is 9.80. The fourth-order valence-electron chi connectivity index (χ4n) is 3.86. The van der Waals surface area contributed by atoms with Crippen molar-refractivity contribution >= 4 is 44.4 Å². The van der Waals surface area contributed by atoms with Crippen molar-refractivity contribution in [3.63, 3.8) is 0 Å². The first-order chi connectivity index (χ1) is 15.5. The molecular formula is C26H23BrClNO3. The van der Waals surface area contributed by atoms with E-state index >= 15 is 0 Å². The van der Waals surface area contributed by atoms with E-state index < -0.39 is 0 Å². The molecule has 0 atom stereocenters. The summed E-state index contributed by atoms with van der Waals surface area (Å²) in [4.78, 5) is 12.4. The number of rotatable bonds is 7. The van der Waals surface area contributed by atoms with E-state index in [-0.39, 0.29) is 12.6 Å². The van der Waals surface area contributed by atoms with Gasteiger partial charge in [-0.2, -0.15) is 0 Å². The Balaban J connectivity index is 1.59. The topological polar surface area (TPSA) is 40.5 Å². The molecule has 0 saturated carbocycles. The van der Waals surface area contributed by atoms with Crippen molar-refractivity contribution < 1.29 is 14.3 Å². The van der Waals surface area contributed by atoms with Gasteiger partial charge in [0.15, 0.2) is 0 Å². The molecule has 0 N–H and O–H groups in total. The van der Waals surface area contributed by atoms with E-state index in [1.54, 1.807) is 31.4 Å². The summed E-state index contributed by atoms with van der Waals surface area (Å²) in [6.07, 6.45) is 0.613. The number of ether oxygens (including phenoxy) is 2. The van der Waals surface area contributed by atoms with Crippen LogP contribution in [0.25, 0.3) is 10.9 Å². The van der Waals surface area contributed by atoms with Gasteiger partial charge in [-0.15, -0.1) is 0 Å². The van der Waals surface area contributed by atoms with Gasteiger partial charge in [0.25, 0.3) is 0 Å². The molecule has 0 radical (unpaired) electrons. The molecule has 0 fully saturated rings. The maximum Gasteiger partial charge on any atom is 0.338 e. The van der Waals surface area contributed by atoms with Crippen LogP contribution in [-0.4, -0.2) is 24.3 Å². The second-order valence-electron chi connectivity index (χ2n) is 7.55. The molecule has 32 heavy (non-hydrogen) atoms. The van der Waals surface area contributed by atoms with Crippen molar-refractivity contribution in [3.8, 4) is 5.75 Å². The van der Waals surface area contributed by atoms with E-state index in [2.05, 4.69) is 63.8 Å². The molecule has 1 aromatic heterocycles. The Bertz CT molecular complexity index is 1250. The number of carbonyl (C=O) groups is 1. The normalized spacial score (nSPS) is 11.0. The molecular weight excluding hydrogens is 490 g/mol. The van der Waals surface area contributed by atoms with Crippen molar-refractivity contribution in [2.75, 3.05) is 13.7 Å². The monoisotopic (exact) mass is 511 g/mol. The fraction of sp³-hybridized carbons (Fsp3) is 0.192. The first-order valence-electron chi connectivity index (χ1n) is 10.3. The number of carbonyl (C=O) groups excluding carboxylic acids is 1. The highest BCUT2D eigenvalue weighted by molar-refractivity contribution is 9.10. The van der Waals surface area contributed by atoms with Gasteiger partial charge in [0.2, 0.25) is 0 Å². The lowest BCUT2D eigenvalue weighted by Crippen LogP contribution is -2.09. The summed E-state index contributed by atoms with van der Waals surface area (Å²) >= 11 is 9.40. The van der Waals surface area contributed by atoms with Crippen LogP contribution >= 0.6 is 27.5 Å². The molecule has 0 spiro atoms. The molecule has 3 aromatic carbocycles. The van der Waals surface area contributed by atoms with Crippen LogP contribution in [0.3, 0.4) is 0 Å². The molecule has 164 valence electrons. The third-order valence-corrected chi connectivity index (χ3v) is 6.36. The number of esters is 1. The molecule has 4 nitrogen and oxygen atoms in total. The number of halogens is 2. The molecule has 6 heteroatoms. The molecule has 0 unspecified atom stereocenters. The number of methoxy groups -OCH3 is 1. The largest absolute Gasteiger partial charge is 0.497 e. The van der Waals surface area contributed by atoms with Crippen LogP contribution in [0.5, 0.6) is 5.75 Å². The summed E-state index contributed by atoms with van der Waals surface area (Å²) in [6.45, 7) is 3.16. The first-order valence-corrected chi connectivity index (χ1v) is 11.5. The van der Waals surface area contributed by atoms with Gasteiger partial charge in [-0.05, 0) is 72.6 Å². The fourth-order valence-corrected chi connectivity index (χ4v) is 4.25. The minimum Gasteiger partial charge on any atom is -0.497 e. The molecule has 0 saturated heterocycles. The van der Waals surface area contributed by atoms with Gasteiger partial charge in [0.1, 0.15) is 5.75 Å². The first kappa shape index (κ1) is 22.4. The number of fused-ring (bicyclic) bond motifs is 1. The Labute approximate surface area is 200 Å². The molecule has 4 aromatic rings.